The van der Waals surface area contributed by atoms with Crippen molar-refractivity contribution in [3.05, 3.63) is 53.5 Å². The van der Waals surface area contributed by atoms with E-state index in [-0.39, 0.29) is 22.9 Å². The number of fused-ring (bicyclic) bond motifs is 3. The van der Waals surface area contributed by atoms with Gasteiger partial charge in [0.05, 0.1) is 16.8 Å². The molecular weight excluding hydrogens is 453 g/mol. The van der Waals surface area contributed by atoms with Crippen LogP contribution in [0, 0.1) is 11.2 Å². The van der Waals surface area contributed by atoms with E-state index in [2.05, 4.69) is 19.2 Å². The number of amides is 1. The molecule has 0 atom stereocenters. The normalized spacial score (nSPS) is 21.9. The second kappa shape index (κ2) is 8.34. The molecule has 3 N–H and O–H groups in total. The minimum absolute atomic E-state index is 0.0225. The van der Waals surface area contributed by atoms with Crippen molar-refractivity contribution in [2.75, 3.05) is 16.8 Å². The van der Waals surface area contributed by atoms with Gasteiger partial charge >= 0.3 is 0 Å². The topological polar surface area (TPSA) is 94.2 Å². The highest BCUT2D eigenvalue weighted by Crippen LogP contribution is 2.43. The third-order valence-electron chi connectivity index (χ3n) is 6.87. The molecule has 5 rings (SSSR count). The Morgan fingerprint density at radius 3 is 2.59 bits per heavy atom. The van der Waals surface area contributed by atoms with E-state index >= 15 is 4.39 Å². The van der Waals surface area contributed by atoms with E-state index in [4.69, 9.17) is 5.73 Å². The molecule has 1 saturated heterocycles. The third-order valence-corrected chi connectivity index (χ3v) is 8.25. The molecule has 1 amide bonds. The highest BCUT2D eigenvalue weighted by atomic mass is 32.2. The largest absolute Gasteiger partial charge is 0.381 e. The Balaban J connectivity index is 1.70. The van der Waals surface area contributed by atoms with Crippen LogP contribution in [-0.2, 0) is 17.2 Å². The van der Waals surface area contributed by atoms with E-state index in [0.717, 1.165) is 22.2 Å². The number of primary amides is 1. The lowest BCUT2D eigenvalue weighted by Crippen LogP contribution is -2.31. The number of para-hydroxylation sites is 1. The maximum atomic E-state index is 15.4. The van der Waals surface area contributed by atoms with Crippen molar-refractivity contribution in [2.24, 2.45) is 11.1 Å². The van der Waals surface area contributed by atoms with Crippen LogP contribution in [-0.4, -0.2) is 38.1 Å². The molecule has 0 unspecified atom stereocenters. The quantitative estimate of drug-likeness (QED) is 0.574. The standard InChI is InChI=1S/C26H28FN3O3S/c1-26(2)13-21-23(17-5-3-4-6-20(17)30(21)22(31)14-26)15-11-18(27)24(25(28)32)19(12-15)29-16-7-9-34(33)10-8-16/h3-6,11-12,16,29H,7-10,13-14H2,1-2H3,(H2,28,32). The van der Waals surface area contributed by atoms with Crippen molar-refractivity contribution in [1.29, 1.82) is 0 Å². The van der Waals surface area contributed by atoms with Crippen LogP contribution in [0.4, 0.5) is 10.1 Å². The SMILES string of the molecule is CC1(C)CC(=O)n2c(c(-c3cc(F)c(C(N)=O)c(NC4CCS(=O)CC4)c3)c3ccccc32)C1. The van der Waals surface area contributed by atoms with E-state index in [1.807, 2.05) is 24.3 Å². The van der Waals surface area contributed by atoms with Crippen molar-refractivity contribution < 1.29 is 18.2 Å². The Hall–Kier alpha value is -3.00. The number of carbonyl (C=O) groups excluding carboxylic acids is 2. The maximum Gasteiger partial charge on any atom is 0.253 e. The molecular formula is C26H28FN3O3S. The third kappa shape index (κ3) is 3.94. The van der Waals surface area contributed by atoms with Crippen LogP contribution >= 0.6 is 0 Å². The smallest absolute Gasteiger partial charge is 0.253 e. The number of anilines is 1. The van der Waals surface area contributed by atoms with Gasteiger partial charge in [0.2, 0.25) is 5.91 Å². The average molecular weight is 482 g/mol. The number of hydrogen-bond acceptors (Lipinski definition) is 4. The first-order chi connectivity index (χ1) is 16.1. The number of rotatable bonds is 4. The number of nitrogens with one attached hydrogen (secondary N) is 1. The van der Waals surface area contributed by atoms with Crippen molar-refractivity contribution in [3.63, 3.8) is 0 Å². The highest BCUT2D eigenvalue weighted by Gasteiger charge is 2.35. The summed E-state index contributed by atoms with van der Waals surface area (Å²) in [5.74, 6) is -0.374. The minimum atomic E-state index is -0.842. The van der Waals surface area contributed by atoms with Crippen molar-refractivity contribution in [2.45, 2.75) is 45.6 Å². The van der Waals surface area contributed by atoms with Crippen LogP contribution in [0.2, 0.25) is 0 Å². The molecule has 3 heterocycles. The summed E-state index contributed by atoms with van der Waals surface area (Å²) in [6.45, 7) is 4.12. The number of aromatic nitrogens is 1. The molecule has 0 aliphatic carbocycles. The molecule has 3 aromatic rings. The zero-order chi connectivity index (χ0) is 24.2. The lowest BCUT2D eigenvalue weighted by atomic mass is 9.80. The predicted molar refractivity (Wildman–Crippen MR) is 133 cm³/mol. The molecule has 2 aliphatic rings. The van der Waals surface area contributed by atoms with Gasteiger partial charge in [-0.15, -0.1) is 0 Å². The summed E-state index contributed by atoms with van der Waals surface area (Å²) in [5.41, 5.74) is 8.55. The molecule has 0 radical (unpaired) electrons. The number of benzene rings is 2. The van der Waals surface area contributed by atoms with Crippen LogP contribution in [0.5, 0.6) is 0 Å². The number of nitrogens with two attached hydrogens (primary N) is 1. The fourth-order valence-electron chi connectivity index (χ4n) is 5.34. The summed E-state index contributed by atoms with van der Waals surface area (Å²) in [6.07, 6.45) is 2.44. The van der Waals surface area contributed by atoms with Crippen LogP contribution in [0.1, 0.15) is 54.0 Å². The van der Waals surface area contributed by atoms with Gasteiger partial charge in [-0.05, 0) is 48.4 Å². The average Bonchev–Trinajstić information content (AvgIpc) is 3.07. The zero-order valence-electron chi connectivity index (χ0n) is 19.3. The molecule has 0 spiro atoms. The number of nitrogens with zero attached hydrogens (tertiary/aromatic N) is 1. The molecule has 1 aromatic heterocycles. The van der Waals surface area contributed by atoms with Crippen molar-refractivity contribution in [1.82, 2.24) is 4.57 Å². The van der Waals surface area contributed by atoms with E-state index in [1.54, 1.807) is 10.6 Å². The van der Waals surface area contributed by atoms with Gasteiger partial charge in [0.1, 0.15) is 5.82 Å². The van der Waals surface area contributed by atoms with E-state index < -0.39 is 22.5 Å². The molecule has 6 nitrogen and oxygen atoms in total. The summed E-state index contributed by atoms with van der Waals surface area (Å²) < 4.78 is 28.9. The van der Waals surface area contributed by atoms with Gasteiger partial charge in [-0.25, -0.2) is 4.39 Å². The molecule has 1 fully saturated rings. The summed E-state index contributed by atoms with van der Waals surface area (Å²) in [4.78, 5) is 25.3. The van der Waals surface area contributed by atoms with Crippen molar-refractivity contribution >= 4 is 39.2 Å². The predicted octanol–water partition coefficient (Wildman–Crippen LogP) is 4.48. The van der Waals surface area contributed by atoms with E-state index in [1.165, 1.54) is 6.07 Å². The first-order valence-corrected chi connectivity index (χ1v) is 13.0. The minimum Gasteiger partial charge on any atom is -0.381 e. The zero-order valence-corrected chi connectivity index (χ0v) is 20.1. The van der Waals surface area contributed by atoms with Gasteiger partial charge in [0.25, 0.3) is 5.91 Å². The van der Waals surface area contributed by atoms with Crippen LogP contribution in [0.25, 0.3) is 22.0 Å². The lowest BCUT2D eigenvalue weighted by Gasteiger charge is -2.31. The van der Waals surface area contributed by atoms with E-state index in [0.29, 0.717) is 48.4 Å². The van der Waals surface area contributed by atoms with Crippen LogP contribution < -0.4 is 11.1 Å². The monoisotopic (exact) mass is 481 g/mol. The van der Waals surface area contributed by atoms with Gasteiger partial charge in [-0.3, -0.25) is 18.4 Å². The summed E-state index contributed by atoms with van der Waals surface area (Å²) in [7, 11) is -0.835. The maximum absolute atomic E-state index is 15.4. The summed E-state index contributed by atoms with van der Waals surface area (Å²) >= 11 is 0. The van der Waals surface area contributed by atoms with E-state index in [9.17, 15) is 13.8 Å². The Morgan fingerprint density at radius 1 is 1.18 bits per heavy atom. The molecule has 2 aromatic carbocycles. The Morgan fingerprint density at radius 2 is 1.88 bits per heavy atom. The lowest BCUT2D eigenvalue weighted by molar-refractivity contribution is 0.0816. The van der Waals surface area contributed by atoms with Crippen molar-refractivity contribution in [3.8, 4) is 11.1 Å². The second-order valence-electron chi connectivity index (χ2n) is 10.1. The first-order valence-electron chi connectivity index (χ1n) is 11.6. The van der Waals surface area contributed by atoms with Gasteiger partial charge in [-0.2, -0.15) is 0 Å². The fraction of sp³-hybridized carbons (Fsp3) is 0.385. The number of hydrogen-bond donors (Lipinski definition) is 2. The molecule has 2 aliphatic heterocycles. The Kier molecular flexibility index (Phi) is 5.59. The highest BCUT2D eigenvalue weighted by molar-refractivity contribution is 7.85. The van der Waals surface area contributed by atoms with Crippen LogP contribution in [0.15, 0.2) is 36.4 Å². The Bertz CT molecular complexity index is 1350. The summed E-state index contributed by atoms with van der Waals surface area (Å²) in [6, 6.07) is 10.7. The Labute approximate surface area is 200 Å². The molecule has 178 valence electrons. The second-order valence-corrected chi connectivity index (χ2v) is 11.8. The number of halogens is 1. The van der Waals surface area contributed by atoms with Gasteiger partial charge in [0.15, 0.2) is 0 Å². The molecule has 0 saturated carbocycles. The van der Waals surface area contributed by atoms with Gasteiger partial charge in [-0.1, -0.05) is 32.0 Å². The molecule has 34 heavy (non-hydrogen) atoms. The summed E-state index contributed by atoms with van der Waals surface area (Å²) in [5, 5.41) is 4.17. The van der Waals surface area contributed by atoms with Gasteiger partial charge in [0, 0.05) is 51.4 Å². The van der Waals surface area contributed by atoms with Crippen LogP contribution in [0.3, 0.4) is 0 Å². The molecule has 0 bridgehead atoms. The first kappa shape index (κ1) is 22.8. The van der Waals surface area contributed by atoms with Gasteiger partial charge < -0.3 is 11.1 Å². The fourth-order valence-corrected chi connectivity index (χ4v) is 6.64. The molecule has 8 heteroatoms. The number of carbonyl (C=O) groups is 2.